The van der Waals surface area contributed by atoms with Gasteiger partial charge in [0.1, 0.15) is 12.3 Å². The third-order valence-corrected chi connectivity index (χ3v) is 8.97. The normalized spacial score (nSPS) is 19.7. The zero-order chi connectivity index (χ0) is 27.6. The van der Waals surface area contributed by atoms with Crippen LogP contribution in [0.3, 0.4) is 0 Å². The number of aryl methyl sites for hydroxylation is 1. The molecule has 0 N–H and O–H groups in total. The molecular formula is C31H34N2O5S. The van der Waals surface area contributed by atoms with Crippen molar-refractivity contribution in [2.24, 2.45) is 0 Å². The lowest BCUT2D eigenvalue weighted by molar-refractivity contribution is -0.152. The molecule has 0 spiro atoms. The van der Waals surface area contributed by atoms with Crippen LogP contribution < -0.4 is 0 Å². The topological polar surface area (TPSA) is 76.2 Å². The fourth-order valence-corrected chi connectivity index (χ4v) is 6.75. The van der Waals surface area contributed by atoms with Gasteiger partial charge in [-0.1, -0.05) is 72.3 Å². The molecule has 1 heterocycles. The number of fused-ring (bicyclic) bond motifs is 3. The number of ether oxygens (including phenoxy) is 2. The summed E-state index contributed by atoms with van der Waals surface area (Å²) in [6.45, 7) is 5.85. The van der Waals surface area contributed by atoms with Crippen molar-refractivity contribution in [3.05, 3.63) is 113 Å². The van der Waals surface area contributed by atoms with Crippen molar-refractivity contribution in [2.75, 3.05) is 13.2 Å². The highest BCUT2D eigenvalue weighted by molar-refractivity contribution is 7.89. The van der Waals surface area contributed by atoms with E-state index in [1.54, 1.807) is 35.2 Å². The Morgan fingerprint density at radius 1 is 1.05 bits per heavy atom. The minimum Gasteiger partial charge on any atom is -0.368 e. The first kappa shape index (κ1) is 27.1. The van der Waals surface area contributed by atoms with E-state index in [4.69, 9.17) is 9.47 Å². The molecule has 5 rings (SSSR count). The summed E-state index contributed by atoms with van der Waals surface area (Å²) in [7, 11) is -3.79. The van der Waals surface area contributed by atoms with Gasteiger partial charge in [0, 0.05) is 12.6 Å². The van der Waals surface area contributed by atoms with Crippen molar-refractivity contribution in [1.29, 1.82) is 0 Å². The fourth-order valence-electron chi connectivity index (χ4n) is 5.44. The molecule has 0 radical (unpaired) electrons. The number of nitrogens with zero attached hydrogens (tertiary/aromatic N) is 2. The maximum absolute atomic E-state index is 13.4. The van der Waals surface area contributed by atoms with Crippen LogP contribution in [-0.2, 0) is 37.3 Å². The molecule has 0 aromatic heterocycles. The van der Waals surface area contributed by atoms with Crippen molar-refractivity contribution in [2.45, 2.75) is 56.5 Å². The second-order valence-corrected chi connectivity index (χ2v) is 12.4. The Balaban J connectivity index is 1.26. The third-order valence-electron chi connectivity index (χ3n) is 7.23. The fraction of sp³-hybridized carbons (Fsp3) is 0.323. The van der Waals surface area contributed by atoms with E-state index in [1.165, 1.54) is 16.1 Å². The first-order chi connectivity index (χ1) is 18.7. The smallest absolute Gasteiger partial charge is 0.264 e. The van der Waals surface area contributed by atoms with Gasteiger partial charge in [-0.25, -0.2) is 8.42 Å². The number of hydrogen-bond donors (Lipinski definition) is 0. The lowest BCUT2D eigenvalue weighted by atomic mass is 10.1. The highest BCUT2D eigenvalue weighted by atomic mass is 32.2. The third kappa shape index (κ3) is 5.64. The molecule has 1 fully saturated rings. The Labute approximate surface area is 230 Å². The largest absolute Gasteiger partial charge is 0.368 e. The summed E-state index contributed by atoms with van der Waals surface area (Å²) < 4.78 is 40.1. The molecule has 3 aromatic rings. The van der Waals surface area contributed by atoms with E-state index in [1.807, 2.05) is 63.2 Å². The zero-order valence-electron chi connectivity index (χ0n) is 22.5. The van der Waals surface area contributed by atoms with E-state index in [9.17, 15) is 13.2 Å². The van der Waals surface area contributed by atoms with Gasteiger partial charge in [0.15, 0.2) is 0 Å². The van der Waals surface area contributed by atoms with Crippen molar-refractivity contribution in [3.63, 3.8) is 0 Å². The summed E-state index contributed by atoms with van der Waals surface area (Å²) in [5, 5.41) is 0. The van der Waals surface area contributed by atoms with Gasteiger partial charge in [-0.05, 0) is 55.7 Å². The van der Waals surface area contributed by atoms with E-state index in [2.05, 4.69) is 12.1 Å². The molecule has 3 aromatic carbocycles. The second kappa shape index (κ2) is 11.0. The number of sulfonamides is 1. The second-order valence-electron chi connectivity index (χ2n) is 10.5. The molecule has 1 amide bonds. The average molecular weight is 547 g/mol. The molecule has 1 aliphatic carbocycles. The van der Waals surface area contributed by atoms with E-state index in [0.717, 1.165) is 23.1 Å². The van der Waals surface area contributed by atoms with Crippen molar-refractivity contribution >= 4 is 15.9 Å². The summed E-state index contributed by atoms with van der Waals surface area (Å²) in [5.41, 5.74) is 3.43. The lowest BCUT2D eigenvalue weighted by Crippen LogP contribution is -2.46. The molecule has 2 atom stereocenters. The molecule has 7 nitrogen and oxygen atoms in total. The van der Waals surface area contributed by atoms with Gasteiger partial charge in [-0.2, -0.15) is 0 Å². The first-order valence-corrected chi connectivity index (χ1v) is 14.6. The van der Waals surface area contributed by atoms with Gasteiger partial charge in [0.2, 0.25) is 0 Å². The highest BCUT2D eigenvalue weighted by Gasteiger charge is 2.53. The predicted molar refractivity (Wildman–Crippen MR) is 149 cm³/mol. The highest BCUT2D eigenvalue weighted by Crippen LogP contribution is 2.48. The number of carbonyl (C=O) groups excluding carboxylic acids is 1. The van der Waals surface area contributed by atoms with Gasteiger partial charge in [-0.15, -0.1) is 0 Å². The summed E-state index contributed by atoms with van der Waals surface area (Å²) in [6.07, 6.45) is 3.85. The van der Waals surface area contributed by atoms with Crippen LogP contribution in [0.4, 0.5) is 0 Å². The molecule has 2 aliphatic rings. The Morgan fingerprint density at radius 3 is 2.49 bits per heavy atom. The molecule has 1 aliphatic heterocycles. The van der Waals surface area contributed by atoms with Gasteiger partial charge >= 0.3 is 0 Å². The molecule has 204 valence electrons. The molecule has 0 saturated carbocycles. The van der Waals surface area contributed by atoms with Gasteiger partial charge in [0.05, 0.1) is 30.2 Å². The van der Waals surface area contributed by atoms with Crippen LogP contribution in [0.1, 0.15) is 42.1 Å². The number of carbonyl (C=O) groups is 1. The zero-order valence-corrected chi connectivity index (χ0v) is 23.3. The Hall–Kier alpha value is -3.46. The summed E-state index contributed by atoms with van der Waals surface area (Å²) in [4.78, 5) is 15.3. The van der Waals surface area contributed by atoms with E-state index in [-0.39, 0.29) is 42.7 Å². The maximum atomic E-state index is 13.4. The van der Waals surface area contributed by atoms with Crippen molar-refractivity contribution in [3.8, 4) is 0 Å². The SMILES string of the molecule is Cc1ccc(S(=O)(=O)N(/C=C/COCC(=O)N2[C@@H]3c4ccccc4C[C@@H]3OC2(C)C)Cc2ccccc2)cc1. The van der Waals surface area contributed by atoms with Crippen LogP contribution in [0.2, 0.25) is 0 Å². The minimum atomic E-state index is -3.79. The Bertz CT molecular complexity index is 1450. The van der Waals surface area contributed by atoms with E-state index < -0.39 is 15.7 Å². The summed E-state index contributed by atoms with van der Waals surface area (Å²) in [6, 6.07) is 24.2. The van der Waals surface area contributed by atoms with Crippen LogP contribution >= 0.6 is 0 Å². The molecule has 8 heteroatoms. The van der Waals surface area contributed by atoms with Crippen LogP contribution in [0, 0.1) is 6.92 Å². The number of rotatable bonds is 9. The molecule has 1 saturated heterocycles. The summed E-state index contributed by atoms with van der Waals surface area (Å²) >= 11 is 0. The van der Waals surface area contributed by atoms with Crippen LogP contribution in [0.5, 0.6) is 0 Å². The monoisotopic (exact) mass is 546 g/mol. The van der Waals surface area contributed by atoms with Gasteiger partial charge in [-0.3, -0.25) is 9.10 Å². The van der Waals surface area contributed by atoms with Crippen LogP contribution in [-0.4, -0.2) is 48.6 Å². The molecule has 39 heavy (non-hydrogen) atoms. The van der Waals surface area contributed by atoms with Crippen molar-refractivity contribution in [1.82, 2.24) is 9.21 Å². The minimum absolute atomic E-state index is 0.0697. The summed E-state index contributed by atoms with van der Waals surface area (Å²) in [5.74, 6) is -0.161. The Morgan fingerprint density at radius 2 is 1.74 bits per heavy atom. The molecule has 0 unspecified atom stereocenters. The maximum Gasteiger partial charge on any atom is 0.264 e. The van der Waals surface area contributed by atoms with E-state index in [0.29, 0.717) is 0 Å². The lowest BCUT2D eigenvalue weighted by Gasteiger charge is -2.33. The number of hydrogen-bond acceptors (Lipinski definition) is 5. The Kier molecular flexibility index (Phi) is 7.62. The number of benzene rings is 3. The quantitative estimate of drug-likeness (QED) is 0.354. The van der Waals surface area contributed by atoms with Crippen molar-refractivity contribution < 1.29 is 22.7 Å². The average Bonchev–Trinajstić information content (AvgIpc) is 3.38. The van der Waals surface area contributed by atoms with E-state index >= 15 is 0 Å². The molecule has 0 bridgehead atoms. The first-order valence-electron chi connectivity index (χ1n) is 13.1. The number of amides is 1. The van der Waals surface area contributed by atoms with Crippen LogP contribution in [0.25, 0.3) is 0 Å². The van der Waals surface area contributed by atoms with Gasteiger partial charge < -0.3 is 14.4 Å². The van der Waals surface area contributed by atoms with Crippen LogP contribution in [0.15, 0.2) is 96.0 Å². The van der Waals surface area contributed by atoms with Gasteiger partial charge in [0.25, 0.3) is 15.9 Å². The molecular weight excluding hydrogens is 512 g/mol. The standard InChI is InChI=1S/C31H34N2O5S/c1-23-14-16-26(17-15-23)39(35,36)32(21-24-10-5-4-6-11-24)18-9-19-37-22-29(34)33-30-27-13-8-7-12-25(27)20-28(30)38-31(33,2)3/h4-18,28,30H,19-22H2,1-3H3/b18-9+/t28-,30+/m0/s1. The predicted octanol–water partition coefficient (Wildman–Crippen LogP) is 4.98.